The monoisotopic (exact) mass is 140 g/mol. The Morgan fingerprint density at radius 2 is 2.10 bits per heavy atom. The zero-order valence-electron chi connectivity index (χ0n) is 5.92. The van der Waals surface area contributed by atoms with Crippen molar-refractivity contribution in [2.45, 2.75) is 31.8 Å². The zero-order chi connectivity index (χ0) is 7.98. The molecule has 1 saturated carbocycles. The summed E-state index contributed by atoms with van der Waals surface area (Å²) >= 11 is 0. The summed E-state index contributed by atoms with van der Waals surface area (Å²) in [5.41, 5.74) is 0. The number of ketones is 1. The molecule has 0 aliphatic heterocycles. The predicted molar refractivity (Wildman–Crippen MR) is 39.4 cm³/mol. The first-order valence-corrected chi connectivity index (χ1v) is 3.32. The number of rotatable bonds is 0. The molecule has 1 aliphatic rings. The van der Waals surface area contributed by atoms with Gasteiger partial charge in [-0.1, -0.05) is 0 Å². The van der Waals surface area contributed by atoms with Gasteiger partial charge in [0.05, 0.1) is 6.10 Å². The number of aliphatic hydroxyl groups is 1. The molecule has 0 aromatic heterocycles. The Morgan fingerprint density at radius 1 is 1.50 bits per heavy atom. The number of hydrogen-bond acceptors (Lipinski definition) is 2. The van der Waals surface area contributed by atoms with Crippen molar-refractivity contribution in [1.82, 2.24) is 0 Å². The second kappa shape index (κ2) is 5.01. The largest absolute Gasteiger partial charge is 0.393 e. The van der Waals surface area contributed by atoms with Gasteiger partial charge < -0.3 is 5.11 Å². The molecule has 0 aromatic rings. The summed E-state index contributed by atoms with van der Waals surface area (Å²) in [5.74, 6) is 0.212. The first-order chi connectivity index (χ1) is 4.79. The Bertz CT molecular complexity index is 126. The molecule has 0 heterocycles. The summed E-state index contributed by atoms with van der Waals surface area (Å²) in [7, 11) is 0. The molecule has 0 aromatic carbocycles. The Balaban J connectivity index is 0.000000371. The number of carbonyl (C=O) groups is 1. The molecule has 1 fully saturated rings. The fourth-order valence-electron chi connectivity index (χ4n) is 1.00. The van der Waals surface area contributed by atoms with E-state index in [1.165, 1.54) is 0 Å². The fraction of sp³-hybridized carbons (Fsp3) is 0.625. The van der Waals surface area contributed by atoms with Crippen LogP contribution in [0.5, 0.6) is 0 Å². The normalized spacial score (nSPS) is 24.7. The third-order valence-corrected chi connectivity index (χ3v) is 1.46. The van der Waals surface area contributed by atoms with Gasteiger partial charge in [-0.05, 0) is 12.8 Å². The average molecular weight is 140 g/mol. The maximum absolute atomic E-state index is 10.5. The van der Waals surface area contributed by atoms with Crippen LogP contribution in [-0.2, 0) is 4.79 Å². The number of aliphatic hydroxyl groups excluding tert-OH is 1. The van der Waals surface area contributed by atoms with Crippen LogP contribution in [0, 0.1) is 12.8 Å². The van der Waals surface area contributed by atoms with Crippen LogP contribution in [0.4, 0.5) is 0 Å². The van der Waals surface area contributed by atoms with Crippen molar-refractivity contribution >= 4 is 5.78 Å². The Hall–Kier alpha value is -0.810. The highest BCUT2D eigenvalue weighted by Crippen LogP contribution is 2.13. The van der Waals surface area contributed by atoms with Crippen molar-refractivity contribution in [3.63, 3.8) is 0 Å². The topological polar surface area (TPSA) is 37.3 Å². The summed E-state index contributed by atoms with van der Waals surface area (Å²) in [6, 6.07) is 0. The SMILES string of the molecule is C#C.O=C1CCC[C@H](O)C1. The molecule has 1 aliphatic carbocycles. The van der Waals surface area contributed by atoms with Gasteiger partial charge in [0.2, 0.25) is 0 Å². The van der Waals surface area contributed by atoms with E-state index in [-0.39, 0.29) is 11.9 Å². The molecule has 2 heteroatoms. The highest BCUT2D eigenvalue weighted by Gasteiger charge is 2.15. The number of carbonyl (C=O) groups excluding carboxylic acids is 1. The van der Waals surface area contributed by atoms with E-state index in [1.807, 2.05) is 0 Å². The summed E-state index contributed by atoms with van der Waals surface area (Å²) in [6.07, 6.45) is 10.4. The molecule has 0 saturated heterocycles. The zero-order valence-corrected chi connectivity index (χ0v) is 5.92. The molecule has 0 unspecified atom stereocenters. The lowest BCUT2D eigenvalue weighted by Gasteiger charge is -2.13. The van der Waals surface area contributed by atoms with Gasteiger partial charge in [-0.15, -0.1) is 12.8 Å². The van der Waals surface area contributed by atoms with E-state index in [9.17, 15) is 4.79 Å². The summed E-state index contributed by atoms with van der Waals surface area (Å²) in [4.78, 5) is 10.5. The van der Waals surface area contributed by atoms with E-state index in [2.05, 4.69) is 12.8 Å². The minimum atomic E-state index is -0.337. The van der Waals surface area contributed by atoms with Gasteiger partial charge in [0.25, 0.3) is 0 Å². The highest BCUT2D eigenvalue weighted by molar-refractivity contribution is 5.79. The third-order valence-electron chi connectivity index (χ3n) is 1.46. The number of hydrogen-bond donors (Lipinski definition) is 1. The van der Waals surface area contributed by atoms with Crippen molar-refractivity contribution in [3.8, 4) is 12.8 Å². The van der Waals surface area contributed by atoms with Crippen LogP contribution in [-0.4, -0.2) is 17.0 Å². The lowest BCUT2D eigenvalue weighted by atomic mass is 9.97. The van der Waals surface area contributed by atoms with Gasteiger partial charge in [0, 0.05) is 12.8 Å². The summed E-state index contributed by atoms with van der Waals surface area (Å²) in [5, 5.41) is 8.86. The lowest BCUT2D eigenvalue weighted by molar-refractivity contribution is -0.122. The van der Waals surface area contributed by atoms with Gasteiger partial charge in [0.15, 0.2) is 0 Å². The van der Waals surface area contributed by atoms with Gasteiger partial charge in [-0.25, -0.2) is 0 Å². The van der Waals surface area contributed by atoms with Gasteiger partial charge >= 0.3 is 0 Å². The molecule has 1 rings (SSSR count). The van der Waals surface area contributed by atoms with E-state index in [0.717, 1.165) is 12.8 Å². The molecular weight excluding hydrogens is 128 g/mol. The molecular formula is C8H12O2. The molecule has 1 atom stereocenters. The van der Waals surface area contributed by atoms with Crippen LogP contribution in [0.25, 0.3) is 0 Å². The molecule has 56 valence electrons. The molecule has 0 amide bonds. The average Bonchev–Trinajstić information content (AvgIpc) is 1.91. The van der Waals surface area contributed by atoms with E-state index in [1.54, 1.807) is 0 Å². The smallest absolute Gasteiger partial charge is 0.135 e. The van der Waals surface area contributed by atoms with E-state index < -0.39 is 0 Å². The molecule has 10 heavy (non-hydrogen) atoms. The molecule has 0 bridgehead atoms. The van der Waals surface area contributed by atoms with Gasteiger partial charge in [-0.2, -0.15) is 0 Å². The van der Waals surface area contributed by atoms with Crippen LogP contribution < -0.4 is 0 Å². The van der Waals surface area contributed by atoms with Crippen LogP contribution in [0.2, 0.25) is 0 Å². The second-order valence-corrected chi connectivity index (χ2v) is 2.29. The van der Waals surface area contributed by atoms with Crippen molar-refractivity contribution < 1.29 is 9.90 Å². The van der Waals surface area contributed by atoms with Crippen molar-refractivity contribution in [2.75, 3.05) is 0 Å². The number of Topliss-reactive ketones (excluding diaryl/α,β-unsaturated/α-hetero) is 1. The molecule has 1 N–H and O–H groups in total. The second-order valence-electron chi connectivity index (χ2n) is 2.29. The first kappa shape index (κ1) is 9.19. The van der Waals surface area contributed by atoms with Gasteiger partial charge in [0.1, 0.15) is 5.78 Å². The first-order valence-electron chi connectivity index (χ1n) is 3.32. The van der Waals surface area contributed by atoms with Crippen molar-refractivity contribution in [1.29, 1.82) is 0 Å². The Labute approximate surface area is 61.2 Å². The minimum Gasteiger partial charge on any atom is -0.393 e. The molecule has 2 nitrogen and oxygen atoms in total. The quantitative estimate of drug-likeness (QED) is 0.504. The fourth-order valence-corrected chi connectivity index (χ4v) is 1.00. The maximum atomic E-state index is 10.5. The molecule has 0 spiro atoms. The highest BCUT2D eigenvalue weighted by atomic mass is 16.3. The van der Waals surface area contributed by atoms with Crippen molar-refractivity contribution in [2.24, 2.45) is 0 Å². The summed E-state index contributed by atoms with van der Waals surface area (Å²) in [6.45, 7) is 0. The van der Waals surface area contributed by atoms with Crippen LogP contribution in [0.15, 0.2) is 0 Å². The lowest BCUT2D eigenvalue weighted by Crippen LogP contribution is -2.18. The van der Waals surface area contributed by atoms with E-state index >= 15 is 0 Å². The minimum absolute atomic E-state index is 0.212. The van der Waals surface area contributed by atoms with Crippen LogP contribution >= 0.6 is 0 Å². The standard InChI is InChI=1S/C6H10O2.C2H2/c7-5-2-1-3-6(8)4-5;1-2/h5,7H,1-4H2;1-2H/t5-;/m0./s1. The van der Waals surface area contributed by atoms with Crippen LogP contribution in [0.3, 0.4) is 0 Å². The third kappa shape index (κ3) is 3.26. The predicted octanol–water partition coefficient (Wildman–Crippen LogP) is 0.740. The Morgan fingerprint density at radius 3 is 2.40 bits per heavy atom. The van der Waals surface area contributed by atoms with Crippen molar-refractivity contribution in [3.05, 3.63) is 0 Å². The van der Waals surface area contributed by atoms with Crippen LogP contribution in [0.1, 0.15) is 25.7 Å². The summed E-state index contributed by atoms with van der Waals surface area (Å²) < 4.78 is 0. The maximum Gasteiger partial charge on any atom is 0.135 e. The Kier molecular flexibility index (Phi) is 4.61. The number of terminal acetylenes is 1. The molecule has 0 radical (unpaired) electrons. The van der Waals surface area contributed by atoms with E-state index in [4.69, 9.17) is 5.11 Å². The van der Waals surface area contributed by atoms with E-state index in [0.29, 0.717) is 12.8 Å². The van der Waals surface area contributed by atoms with Gasteiger partial charge in [-0.3, -0.25) is 4.79 Å².